The summed E-state index contributed by atoms with van der Waals surface area (Å²) < 4.78 is 16.9. The molecule has 2 fully saturated rings. The Morgan fingerprint density at radius 2 is 1.79 bits per heavy atom. The second-order valence-electron chi connectivity index (χ2n) is 9.56. The average molecular weight is 460 g/mol. The maximum atomic E-state index is 13.0. The van der Waals surface area contributed by atoms with E-state index in [0.29, 0.717) is 52.6 Å². The summed E-state index contributed by atoms with van der Waals surface area (Å²) >= 11 is 0. The highest BCUT2D eigenvalue weighted by Crippen LogP contribution is 2.34. The van der Waals surface area contributed by atoms with Crippen LogP contribution in [-0.4, -0.2) is 80.8 Å². The molecule has 1 aromatic rings. The van der Waals surface area contributed by atoms with Gasteiger partial charge in [-0.25, -0.2) is 0 Å². The number of likely N-dealkylation sites (tertiary alicyclic amines) is 1. The monoisotopic (exact) mass is 459 g/mol. The van der Waals surface area contributed by atoms with E-state index in [9.17, 15) is 9.59 Å². The zero-order valence-electron chi connectivity index (χ0n) is 19.9. The number of carbonyl (C=O) groups excluding carboxylic acids is 2. The van der Waals surface area contributed by atoms with E-state index in [2.05, 4.69) is 24.1 Å². The van der Waals surface area contributed by atoms with Crippen LogP contribution in [0.5, 0.6) is 11.5 Å². The smallest absolute Gasteiger partial charge is 0.234 e. The zero-order valence-corrected chi connectivity index (χ0v) is 19.9. The van der Waals surface area contributed by atoms with Gasteiger partial charge in [0.2, 0.25) is 11.8 Å². The van der Waals surface area contributed by atoms with Gasteiger partial charge in [-0.05, 0) is 43.0 Å². The van der Waals surface area contributed by atoms with Crippen molar-refractivity contribution < 1.29 is 23.8 Å². The number of benzene rings is 1. The summed E-state index contributed by atoms with van der Waals surface area (Å²) in [4.78, 5) is 29.9. The molecule has 33 heavy (non-hydrogen) atoms. The highest BCUT2D eigenvalue weighted by Gasteiger charge is 2.31. The van der Waals surface area contributed by atoms with E-state index in [4.69, 9.17) is 14.2 Å². The van der Waals surface area contributed by atoms with Gasteiger partial charge in [0.25, 0.3) is 0 Å². The zero-order chi connectivity index (χ0) is 23.2. The summed E-state index contributed by atoms with van der Waals surface area (Å²) in [6.45, 7) is 9.84. The summed E-state index contributed by atoms with van der Waals surface area (Å²) in [6, 6.07) is 5.81. The molecule has 2 saturated heterocycles. The minimum Gasteiger partial charge on any atom is -0.490 e. The molecular formula is C25H37N3O5. The topological polar surface area (TPSA) is 80.3 Å². The first-order valence-electron chi connectivity index (χ1n) is 12.3. The number of hydrogen-bond acceptors (Lipinski definition) is 6. The Bertz CT molecular complexity index is 824. The van der Waals surface area contributed by atoms with Crippen LogP contribution in [-0.2, 0) is 14.3 Å². The lowest BCUT2D eigenvalue weighted by Crippen LogP contribution is -2.50. The van der Waals surface area contributed by atoms with Crippen molar-refractivity contribution in [1.82, 2.24) is 15.1 Å². The molecule has 3 aliphatic rings. The number of carbonyl (C=O) groups is 2. The normalized spacial score (nSPS) is 22.5. The van der Waals surface area contributed by atoms with E-state index in [0.717, 1.165) is 42.9 Å². The summed E-state index contributed by atoms with van der Waals surface area (Å²) in [6.07, 6.45) is 2.68. The number of amides is 2. The molecule has 0 spiro atoms. The number of ether oxygens (including phenoxy) is 3. The van der Waals surface area contributed by atoms with Crippen LogP contribution in [0.4, 0.5) is 0 Å². The molecule has 3 heterocycles. The fourth-order valence-corrected chi connectivity index (χ4v) is 4.87. The Labute approximate surface area is 196 Å². The molecule has 2 atom stereocenters. The van der Waals surface area contributed by atoms with Crippen molar-refractivity contribution in [2.45, 2.75) is 39.2 Å². The molecule has 4 rings (SSSR count). The Morgan fingerprint density at radius 3 is 2.55 bits per heavy atom. The number of morpholine rings is 1. The summed E-state index contributed by atoms with van der Waals surface area (Å²) in [5, 5.41) is 3.22. The fourth-order valence-electron chi connectivity index (χ4n) is 4.87. The Balaban J connectivity index is 1.35. The van der Waals surface area contributed by atoms with Crippen LogP contribution in [0.1, 0.15) is 44.7 Å². The van der Waals surface area contributed by atoms with Crippen molar-refractivity contribution in [2.24, 2.45) is 11.8 Å². The van der Waals surface area contributed by atoms with Gasteiger partial charge >= 0.3 is 0 Å². The molecule has 8 nitrogen and oxygen atoms in total. The maximum absolute atomic E-state index is 13.0. The van der Waals surface area contributed by atoms with Crippen molar-refractivity contribution in [3.8, 4) is 11.5 Å². The lowest BCUT2D eigenvalue weighted by atomic mass is 9.95. The molecule has 3 aliphatic heterocycles. The predicted octanol–water partition coefficient (Wildman–Crippen LogP) is 2.23. The molecule has 0 aliphatic carbocycles. The minimum atomic E-state index is -0.120. The first kappa shape index (κ1) is 23.8. The van der Waals surface area contributed by atoms with Crippen molar-refractivity contribution >= 4 is 11.8 Å². The van der Waals surface area contributed by atoms with Gasteiger partial charge in [-0.2, -0.15) is 0 Å². The summed E-state index contributed by atoms with van der Waals surface area (Å²) in [5.74, 6) is 1.87. The van der Waals surface area contributed by atoms with Crippen LogP contribution in [0, 0.1) is 11.8 Å². The summed E-state index contributed by atoms with van der Waals surface area (Å²) in [7, 11) is 0. The standard InChI is InChI=1S/C25H37N3O5/c1-18(2)24(19-6-7-21-22(15-19)33-12-4-11-32-21)26-23(29)17-27-8-3-5-20(16-27)25(30)28-9-13-31-14-10-28/h6-7,15,18,20,24H,3-5,8-14,16-17H2,1-2H3,(H,26,29). The van der Waals surface area contributed by atoms with Gasteiger partial charge in [0.1, 0.15) is 0 Å². The first-order chi connectivity index (χ1) is 16.0. The third-order valence-corrected chi connectivity index (χ3v) is 6.66. The van der Waals surface area contributed by atoms with Crippen LogP contribution < -0.4 is 14.8 Å². The number of piperidine rings is 1. The van der Waals surface area contributed by atoms with Crippen molar-refractivity contribution in [3.05, 3.63) is 23.8 Å². The summed E-state index contributed by atoms with van der Waals surface area (Å²) in [5.41, 5.74) is 1.02. The number of nitrogens with zero attached hydrogens (tertiary/aromatic N) is 2. The number of hydrogen-bond donors (Lipinski definition) is 1. The molecule has 0 aromatic heterocycles. The second-order valence-corrected chi connectivity index (χ2v) is 9.56. The van der Waals surface area contributed by atoms with E-state index in [-0.39, 0.29) is 29.7 Å². The largest absolute Gasteiger partial charge is 0.490 e. The van der Waals surface area contributed by atoms with Crippen LogP contribution in [0.2, 0.25) is 0 Å². The van der Waals surface area contributed by atoms with E-state index >= 15 is 0 Å². The third kappa shape index (κ3) is 6.18. The van der Waals surface area contributed by atoms with Crippen LogP contribution >= 0.6 is 0 Å². The molecule has 2 unspecified atom stereocenters. The number of nitrogens with one attached hydrogen (secondary N) is 1. The van der Waals surface area contributed by atoms with Crippen molar-refractivity contribution in [1.29, 1.82) is 0 Å². The van der Waals surface area contributed by atoms with Gasteiger partial charge in [-0.3, -0.25) is 14.5 Å². The SMILES string of the molecule is CC(C)C(NC(=O)CN1CCCC(C(=O)N2CCOCC2)C1)c1ccc2c(c1)OCCCO2. The molecule has 0 saturated carbocycles. The van der Waals surface area contributed by atoms with Gasteiger partial charge in [-0.15, -0.1) is 0 Å². The predicted molar refractivity (Wildman–Crippen MR) is 124 cm³/mol. The molecule has 1 aromatic carbocycles. The molecule has 2 amide bonds. The van der Waals surface area contributed by atoms with Gasteiger partial charge in [0, 0.05) is 26.1 Å². The number of fused-ring (bicyclic) bond motifs is 1. The van der Waals surface area contributed by atoms with Crippen LogP contribution in [0.3, 0.4) is 0 Å². The van der Waals surface area contributed by atoms with Crippen molar-refractivity contribution in [2.75, 3.05) is 59.2 Å². The lowest BCUT2D eigenvalue weighted by Gasteiger charge is -2.36. The lowest BCUT2D eigenvalue weighted by molar-refractivity contribution is -0.142. The maximum Gasteiger partial charge on any atom is 0.234 e. The number of rotatable bonds is 6. The van der Waals surface area contributed by atoms with Crippen molar-refractivity contribution in [3.63, 3.8) is 0 Å². The fraction of sp³-hybridized carbons (Fsp3) is 0.680. The van der Waals surface area contributed by atoms with Gasteiger partial charge in [0.15, 0.2) is 11.5 Å². The van der Waals surface area contributed by atoms with E-state index in [1.54, 1.807) is 0 Å². The molecular weight excluding hydrogens is 422 g/mol. The van der Waals surface area contributed by atoms with Gasteiger partial charge in [-0.1, -0.05) is 19.9 Å². The molecule has 0 bridgehead atoms. The molecule has 8 heteroatoms. The molecule has 1 N–H and O–H groups in total. The third-order valence-electron chi connectivity index (χ3n) is 6.66. The second kappa shape index (κ2) is 11.2. The Morgan fingerprint density at radius 1 is 1.03 bits per heavy atom. The highest BCUT2D eigenvalue weighted by molar-refractivity contribution is 5.80. The Hall–Kier alpha value is -2.32. The minimum absolute atomic E-state index is 0.0136. The van der Waals surface area contributed by atoms with Gasteiger partial charge in [0.05, 0.1) is 44.9 Å². The van der Waals surface area contributed by atoms with Crippen LogP contribution in [0.15, 0.2) is 18.2 Å². The van der Waals surface area contributed by atoms with Crippen LogP contribution in [0.25, 0.3) is 0 Å². The Kier molecular flexibility index (Phi) is 8.09. The van der Waals surface area contributed by atoms with E-state index in [1.807, 2.05) is 23.1 Å². The quantitative estimate of drug-likeness (QED) is 0.703. The highest BCUT2D eigenvalue weighted by atomic mass is 16.5. The van der Waals surface area contributed by atoms with E-state index in [1.165, 1.54) is 0 Å². The molecule has 0 radical (unpaired) electrons. The molecule has 182 valence electrons. The first-order valence-corrected chi connectivity index (χ1v) is 12.3. The average Bonchev–Trinajstić information content (AvgIpc) is 3.07. The van der Waals surface area contributed by atoms with Gasteiger partial charge < -0.3 is 24.4 Å². The van der Waals surface area contributed by atoms with E-state index < -0.39 is 0 Å².